The van der Waals surface area contributed by atoms with Crippen LogP contribution in [0.3, 0.4) is 0 Å². The third-order valence-corrected chi connectivity index (χ3v) is 3.37. The average molecular weight is 279 g/mol. The summed E-state index contributed by atoms with van der Waals surface area (Å²) in [5.74, 6) is 0. The minimum absolute atomic E-state index is 0.130. The number of nitrogens with one attached hydrogen (secondary N) is 1. The minimum atomic E-state index is 0.130. The van der Waals surface area contributed by atoms with E-state index in [1.165, 1.54) is 17.5 Å². The van der Waals surface area contributed by atoms with E-state index in [4.69, 9.17) is 9.47 Å². The molecule has 0 aromatic heterocycles. The third kappa shape index (κ3) is 6.04. The molecule has 0 aliphatic heterocycles. The zero-order valence-corrected chi connectivity index (χ0v) is 13.3. The van der Waals surface area contributed by atoms with E-state index < -0.39 is 0 Å². The molecule has 0 radical (unpaired) electrons. The van der Waals surface area contributed by atoms with E-state index in [1.807, 2.05) is 20.9 Å². The molecule has 3 heteroatoms. The van der Waals surface area contributed by atoms with Crippen LogP contribution >= 0.6 is 0 Å². The summed E-state index contributed by atoms with van der Waals surface area (Å²) in [6.07, 6.45) is 2.46. The topological polar surface area (TPSA) is 30.5 Å². The second kappa shape index (κ2) is 9.92. The van der Waals surface area contributed by atoms with Crippen molar-refractivity contribution in [2.75, 3.05) is 26.9 Å². The van der Waals surface area contributed by atoms with Gasteiger partial charge in [0.05, 0.1) is 25.4 Å². The lowest BCUT2D eigenvalue weighted by Crippen LogP contribution is -2.26. The molecule has 0 aliphatic rings. The van der Waals surface area contributed by atoms with Gasteiger partial charge < -0.3 is 14.8 Å². The fourth-order valence-electron chi connectivity index (χ4n) is 2.14. The molecule has 20 heavy (non-hydrogen) atoms. The maximum Gasteiger partial charge on any atom is 0.0781 e. The summed E-state index contributed by atoms with van der Waals surface area (Å²) in [6.45, 7) is 8.31. The Morgan fingerprint density at radius 3 is 2.35 bits per heavy atom. The molecule has 0 heterocycles. The second-order valence-corrected chi connectivity index (χ2v) is 5.14. The molecular formula is C17H29NO2. The molecule has 2 atom stereocenters. The van der Waals surface area contributed by atoms with E-state index in [2.05, 4.69) is 36.5 Å². The quantitative estimate of drug-likeness (QED) is 0.712. The summed E-state index contributed by atoms with van der Waals surface area (Å²) < 4.78 is 11.2. The van der Waals surface area contributed by atoms with Crippen LogP contribution in [0.15, 0.2) is 24.3 Å². The Morgan fingerprint density at radius 2 is 1.80 bits per heavy atom. The van der Waals surface area contributed by atoms with Gasteiger partial charge in [-0.15, -0.1) is 0 Å². The first kappa shape index (κ1) is 17.2. The molecule has 0 saturated carbocycles. The first-order chi connectivity index (χ1) is 9.71. The standard InChI is InChI=1S/C17H29NO2/c1-5-7-15-8-10-16(11-9-15)17(18-4)13-20-14(3)12-19-6-2/h8-11,14,17-18H,5-7,12-13H2,1-4H3. The summed E-state index contributed by atoms with van der Waals surface area (Å²) in [4.78, 5) is 0. The predicted octanol–water partition coefficient (Wildman–Crippen LogP) is 3.34. The zero-order chi connectivity index (χ0) is 14.8. The van der Waals surface area contributed by atoms with E-state index in [0.29, 0.717) is 13.2 Å². The number of likely N-dealkylation sites (N-methyl/N-ethyl adjacent to an activating group) is 1. The Hall–Kier alpha value is -0.900. The van der Waals surface area contributed by atoms with Gasteiger partial charge in [-0.3, -0.25) is 0 Å². The van der Waals surface area contributed by atoms with Crippen molar-refractivity contribution >= 4 is 0 Å². The van der Waals surface area contributed by atoms with E-state index in [0.717, 1.165) is 13.0 Å². The first-order valence-electron chi connectivity index (χ1n) is 7.66. The second-order valence-electron chi connectivity index (χ2n) is 5.14. The van der Waals surface area contributed by atoms with Crippen LogP contribution in [0.2, 0.25) is 0 Å². The molecule has 3 nitrogen and oxygen atoms in total. The normalized spacial score (nSPS) is 14.2. The molecule has 0 saturated heterocycles. The molecule has 1 rings (SSSR count). The van der Waals surface area contributed by atoms with Crippen molar-refractivity contribution in [2.24, 2.45) is 0 Å². The van der Waals surface area contributed by atoms with Crippen LogP contribution in [0.5, 0.6) is 0 Å². The van der Waals surface area contributed by atoms with Gasteiger partial charge in [0.25, 0.3) is 0 Å². The lowest BCUT2D eigenvalue weighted by atomic mass is 10.0. The smallest absolute Gasteiger partial charge is 0.0781 e. The van der Waals surface area contributed by atoms with Crippen molar-refractivity contribution < 1.29 is 9.47 Å². The molecular weight excluding hydrogens is 250 g/mol. The SMILES string of the molecule is CCCc1ccc(C(COC(C)COCC)NC)cc1. The molecule has 0 amide bonds. The van der Waals surface area contributed by atoms with Crippen molar-refractivity contribution in [3.05, 3.63) is 35.4 Å². The summed E-state index contributed by atoms with van der Waals surface area (Å²) in [5, 5.41) is 3.32. The molecule has 2 unspecified atom stereocenters. The lowest BCUT2D eigenvalue weighted by Gasteiger charge is -2.20. The van der Waals surface area contributed by atoms with Crippen molar-refractivity contribution in [1.29, 1.82) is 0 Å². The van der Waals surface area contributed by atoms with Crippen LogP contribution in [-0.4, -0.2) is 33.0 Å². The number of benzene rings is 1. The molecule has 0 bridgehead atoms. The van der Waals surface area contributed by atoms with Crippen LogP contribution in [0, 0.1) is 0 Å². The first-order valence-corrected chi connectivity index (χ1v) is 7.66. The highest BCUT2D eigenvalue weighted by molar-refractivity contribution is 5.25. The number of rotatable bonds is 10. The lowest BCUT2D eigenvalue weighted by molar-refractivity contribution is -0.0110. The van der Waals surface area contributed by atoms with Gasteiger partial charge in [-0.2, -0.15) is 0 Å². The fraction of sp³-hybridized carbons (Fsp3) is 0.647. The Morgan fingerprint density at radius 1 is 1.10 bits per heavy atom. The van der Waals surface area contributed by atoms with Crippen LogP contribution in [0.25, 0.3) is 0 Å². The van der Waals surface area contributed by atoms with Gasteiger partial charge in [-0.25, -0.2) is 0 Å². The maximum absolute atomic E-state index is 5.84. The van der Waals surface area contributed by atoms with Gasteiger partial charge in [0.15, 0.2) is 0 Å². The number of aryl methyl sites for hydroxylation is 1. The highest BCUT2D eigenvalue weighted by atomic mass is 16.5. The van der Waals surface area contributed by atoms with E-state index in [1.54, 1.807) is 0 Å². The van der Waals surface area contributed by atoms with Gasteiger partial charge in [0, 0.05) is 6.61 Å². The Kier molecular flexibility index (Phi) is 8.51. The molecule has 0 aliphatic carbocycles. The molecule has 1 N–H and O–H groups in total. The maximum atomic E-state index is 5.84. The van der Waals surface area contributed by atoms with Gasteiger partial charge in [-0.1, -0.05) is 37.6 Å². The van der Waals surface area contributed by atoms with Crippen molar-refractivity contribution in [3.8, 4) is 0 Å². The fourth-order valence-corrected chi connectivity index (χ4v) is 2.14. The zero-order valence-electron chi connectivity index (χ0n) is 13.3. The Bertz CT molecular complexity index is 351. The molecule has 1 aromatic carbocycles. The largest absolute Gasteiger partial charge is 0.379 e. The van der Waals surface area contributed by atoms with E-state index >= 15 is 0 Å². The van der Waals surface area contributed by atoms with Crippen LogP contribution < -0.4 is 5.32 Å². The van der Waals surface area contributed by atoms with Crippen molar-refractivity contribution in [2.45, 2.75) is 45.8 Å². The van der Waals surface area contributed by atoms with Crippen LogP contribution in [-0.2, 0) is 15.9 Å². The van der Waals surface area contributed by atoms with E-state index in [9.17, 15) is 0 Å². The Labute approximate surface area is 123 Å². The van der Waals surface area contributed by atoms with Gasteiger partial charge in [0.2, 0.25) is 0 Å². The van der Waals surface area contributed by atoms with Crippen LogP contribution in [0.4, 0.5) is 0 Å². The van der Waals surface area contributed by atoms with Crippen LogP contribution in [0.1, 0.15) is 44.4 Å². The highest BCUT2D eigenvalue weighted by Crippen LogP contribution is 2.15. The minimum Gasteiger partial charge on any atom is -0.379 e. The highest BCUT2D eigenvalue weighted by Gasteiger charge is 2.11. The van der Waals surface area contributed by atoms with Gasteiger partial charge in [-0.05, 0) is 38.4 Å². The summed E-state index contributed by atoms with van der Waals surface area (Å²) in [7, 11) is 1.97. The van der Waals surface area contributed by atoms with E-state index in [-0.39, 0.29) is 12.1 Å². The monoisotopic (exact) mass is 279 g/mol. The average Bonchev–Trinajstić information content (AvgIpc) is 2.47. The molecule has 0 fully saturated rings. The summed E-state index contributed by atoms with van der Waals surface area (Å²) in [6, 6.07) is 9.06. The van der Waals surface area contributed by atoms with Crippen molar-refractivity contribution in [1.82, 2.24) is 5.32 Å². The predicted molar refractivity (Wildman–Crippen MR) is 84.1 cm³/mol. The summed E-state index contributed by atoms with van der Waals surface area (Å²) >= 11 is 0. The number of ether oxygens (including phenoxy) is 2. The molecule has 114 valence electrons. The van der Waals surface area contributed by atoms with Gasteiger partial charge in [0.1, 0.15) is 0 Å². The van der Waals surface area contributed by atoms with Crippen molar-refractivity contribution in [3.63, 3.8) is 0 Å². The molecule has 1 aromatic rings. The number of hydrogen-bond acceptors (Lipinski definition) is 3. The van der Waals surface area contributed by atoms with Gasteiger partial charge >= 0.3 is 0 Å². The number of hydrogen-bond donors (Lipinski definition) is 1. The molecule has 0 spiro atoms. The third-order valence-electron chi connectivity index (χ3n) is 3.37. The Balaban J connectivity index is 2.48. The summed E-state index contributed by atoms with van der Waals surface area (Å²) in [5.41, 5.74) is 2.67.